The number of benzene rings is 1. The highest BCUT2D eigenvalue weighted by Crippen LogP contribution is 2.32. The Balaban J connectivity index is 3.18. The van der Waals surface area contributed by atoms with Gasteiger partial charge in [0.25, 0.3) is 0 Å². The summed E-state index contributed by atoms with van der Waals surface area (Å²) < 4.78 is 7.15. The van der Waals surface area contributed by atoms with Crippen LogP contribution in [0.25, 0.3) is 0 Å². The second kappa shape index (κ2) is 4.94. The molecule has 2 nitrogen and oxygen atoms in total. The van der Waals surface area contributed by atoms with E-state index in [2.05, 4.69) is 31.9 Å². The number of ether oxygens (including phenoxy) is 1. The van der Waals surface area contributed by atoms with E-state index < -0.39 is 0 Å². The SMILES string of the molecule is CC(C)Oc1c(Br)cc(Br)cc1C=O. The van der Waals surface area contributed by atoms with Crippen LogP contribution >= 0.6 is 31.9 Å². The van der Waals surface area contributed by atoms with Gasteiger partial charge in [-0.2, -0.15) is 0 Å². The normalized spacial score (nSPS) is 10.4. The summed E-state index contributed by atoms with van der Waals surface area (Å²) in [5, 5.41) is 0. The summed E-state index contributed by atoms with van der Waals surface area (Å²) in [7, 11) is 0. The zero-order valence-corrected chi connectivity index (χ0v) is 11.1. The van der Waals surface area contributed by atoms with E-state index in [0.29, 0.717) is 11.3 Å². The predicted molar refractivity (Wildman–Crippen MR) is 63.0 cm³/mol. The van der Waals surface area contributed by atoms with Crippen LogP contribution in [0.1, 0.15) is 24.2 Å². The number of carbonyl (C=O) groups excluding carboxylic acids is 1. The lowest BCUT2D eigenvalue weighted by Crippen LogP contribution is -2.08. The first kappa shape index (κ1) is 11.7. The molecule has 76 valence electrons. The van der Waals surface area contributed by atoms with Gasteiger partial charge in [0.2, 0.25) is 0 Å². The van der Waals surface area contributed by atoms with E-state index in [1.54, 1.807) is 6.07 Å². The van der Waals surface area contributed by atoms with Crippen molar-refractivity contribution >= 4 is 38.1 Å². The molecule has 0 heterocycles. The lowest BCUT2D eigenvalue weighted by molar-refractivity contribution is 0.111. The maximum atomic E-state index is 10.8. The smallest absolute Gasteiger partial charge is 0.153 e. The van der Waals surface area contributed by atoms with Crippen LogP contribution in [0.3, 0.4) is 0 Å². The lowest BCUT2D eigenvalue weighted by atomic mass is 10.2. The molecule has 0 unspecified atom stereocenters. The Morgan fingerprint density at radius 3 is 2.50 bits per heavy atom. The molecular formula is C10H10Br2O2. The van der Waals surface area contributed by atoms with Gasteiger partial charge in [-0.3, -0.25) is 4.79 Å². The average Bonchev–Trinajstić information content (AvgIpc) is 2.08. The number of rotatable bonds is 3. The Labute approximate surface area is 99.9 Å². The molecule has 1 aromatic rings. The maximum Gasteiger partial charge on any atom is 0.153 e. The molecule has 0 aliphatic carbocycles. The van der Waals surface area contributed by atoms with Crippen molar-refractivity contribution in [1.29, 1.82) is 0 Å². The fourth-order valence-corrected chi connectivity index (χ4v) is 2.38. The van der Waals surface area contributed by atoms with E-state index in [-0.39, 0.29) is 6.10 Å². The second-order valence-corrected chi connectivity index (χ2v) is 4.86. The average molecular weight is 322 g/mol. The molecule has 0 N–H and O–H groups in total. The van der Waals surface area contributed by atoms with Crippen LogP contribution < -0.4 is 4.74 Å². The first-order valence-corrected chi connectivity index (χ1v) is 5.74. The Morgan fingerprint density at radius 2 is 2.00 bits per heavy atom. The molecule has 1 aromatic carbocycles. The quantitative estimate of drug-likeness (QED) is 0.791. The zero-order chi connectivity index (χ0) is 10.7. The van der Waals surface area contributed by atoms with E-state index in [9.17, 15) is 4.79 Å². The van der Waals surface area contributed by atoms with Crippen molar-refractivity contribution in [3.05, 3.63) is 26.6 Å². The van der Waals surface area contributed by atoms with Crippen LogP contribution in [0.15, 0.2) is 21.1 Å². The van der Waals surface area contributed by atoms with Crippen LogP contribution in [0.2, 0.25) is 0 Å². The van der Waals surface area contributed by atoms with E-state index in [4.69, 9.17) is 4.74 Å². The van der Waals surface area contributed by atoms with Gasteiger partial charge in [-0.1, -0.05) is 15.9 Å². The van der Waals surface area contributed by atoms with Crippen LogP contribution in [0.5, 0.6) is 5.75 Å². The minimum absolute atomic E-state index is 0.0474. The van der Waals surface area contributed by atoms with Gasteiger partial charge in [0.1, 0.15) is 5.75 Å². The number of carbonyl (C=O) groups is 1. The maximum absolute atomic E-state index is 10.8. The molecule has 0 fully saturated rings. The van der Waals surface area contributed by atoms with E-state index in [1.807, 2.05) is 19.9 Å². The Bertz CT molecular complexity index is 348. The highest BCUT2D eigenvalue weighted by molar-refractivity contribution is 9.11. The standard InChI is InChI=1S/C10H10Br2O2/c1-6(2)14-10-7(5-13)3-8(11)4-9(10)12/h3-6H,1-2H3. The van der Waals surface area contributed by atoms with Crippen molar-refractivity contribution in [2.24, 2.45) is 0 Å². The molecule has 0 aromatic heterocycles. The molecule has 0 atom stereocenters. The van der Waals surface area contributed by atoms with Crippen molar-refractivity contribution in [2.45, 2.75) is 20.0 Å². The summed E-state index contributed by atoms with van der Waals surface area (Å²) in [5.41, 5.74) is 0.542. The number of hydrogen-bond acceptors (Lipinski definition) is 2. The molecule has 0 saturated carbocycles. The minimum Gasteiger partial charge on any atom is -0.489 e. The first-order valence-electron chi connectivity index (χ1n) is 4.15. The fourth-order valence-electron chi connectivity index (χ4n) is 1.03. The van der Waals surface area contributed by atoms with Gasteiger partial charge in [-0.05, 0) is 41.9 Å². The third kappa shape index (κ3) is 2.82. The van der Waals surface area contributed by atoms with E-state index >= 15 is 0 Å². The molecule has 0 amide bonds. The number of aldehydes is 1. The third-order valence-electron chi connectivity index (χ3n) is 1.52. The molecule has 0 bridgehead atoms. The molecule has 0 saturated heterocycles. The predicted octanol–water partition coefficient (Wildman–Crippen LogP) is 3.81. The van der Waals surface area contributed by atoms with Crippen LogP contribution in [-0.4, -0.2) is 12.4 Å². The Kier molecular flexibility index (Phi) is 4.13. The van der Waals surface area contributed by atoms with Crippen molar-refractivity contribution < 1.29 is 9.53 Å². The largest absolute Gasteiger partial charge is 0.489 e. The molecule has 4 heteroatoms. The topological polar surface area (TPSA) is 26.3 Å². The summed E-state index contributed by atoms with van der Waals surface area (Å²) in [6.45, 7) is 3.84. The van der Waals surface area contributed by atoms with Crippen LogP contribution in [0, 0.1) is 0 Å². The highest BCUT2D eigenvalue weighted by atomic mass is 79.9. The van der Waals surface area contributed by atoms with E-state index in [0.717, 1.165) is 15.2 Å². The Morgan fingerprint density at radius 1 is 1.36 bits per heavy atom. The molecule has 0 aliphatic rings. The second-order valence-electron chi connectivity index (χ2n) is 3.09. The zero-order valence-electron chi connectivity index (χ0n) is 7.88. The summed E-state index contributed by atoms with van der Waals surface area (Å²) in [5.74, 6) is 0.596. The molecule has 0 spiro atoms. The van der Waals surface area contributed by atoms with Crippen molar-refractivity contribution in [3.63, 3.8) is 0 Å². The number of hydrogen-bond donors (Lipinski definition) is 0. The van der Waals surface area contributed by atoms with Gasteiger partial charge < -0.3 is 4.74 Å². The van der Waals surface area contributed by atoms with Crippen molar-refractivity contribution in [1.82, 2.24) is 0 Å². The molecular weight excluding hydrogens is 312 g/mol. The van der Waals surface area contributed by atoms with Crippen LogP contribution in [-0.2, 0) is 0 Å². The molecule has 1 rings (SSSR count). The number of halogens is 2. The summed E-state index contributed by atoms with van der Waals surface area (Å²) in [6.07, 6.45) is 0.832. The monoisotopic (exact) mass is 320 g/mol. The minimum atomic E-state index is 0.0474. The van der Waals surface area contributed by atoms with Gasteiger partial charge in [-0.25, -0.2) is 0 Å². The Hall–Kier alpha value is -0.350. The fraction of sp³-hybridized carbons (Fsp3) is 0.300. The van der Waals surface area contributed by atoms with Crippen molar-refractivity contribution in [2.75, 3.05) is 0 Å². The van der Waals surface area contributed by atoms with Gasteiger partial charge >= 0.3 is 0 Å². The summed E-state index contributed by atoms with van der Waals surface area (Å²) >= 11 is 6.66. The van der Waals surface area contributed by atoms with Gasteiger partial charge in [0.05, 0.1) is 16.1 Å². The highest BCUT2D eigenvalue weighted by Gasteiger charge is 2.10. The van der Waals surface area contributed by atoms with Gasteiger partial charge in [-0.15, -0.1) is 0 Å². The van der Waals surface area contributed by atoms with Crippen molar-refractivity contribution in [3.8, 4) is 5.75 Å². The molecule has 14 heavy (non-hydrogen) atoms. The van der Waals surface area contributed by atoms with Gasteiger partial charge in [0, 0.05) is 4.47 Å². The van der Waals surface area contributed by atoms with Crippen LogP contribution in [0.4, 0.5) is 0 Å². The summed E-state index contributed by atoms with van der Waals surface area (Å²) in [4.78, 5) is 10.8. The molecule has 0 radical (unpaired) electrons. The third-order valence-corrected chi connectivity index (χ3v) is 2.56. The van der Waals surface area contributed by atoms with Gasteiger partial charge in [0.15, 0.2) is 6.29 Å². The first-order chi connectivity index (χ1) is 6.54. The molecule has 0 aliphatic heterocycles. The van der Waals surface area contributed by atoms with E-state index in [1.165, 1.54) is 0 Å². The summed E-state index contributed by atoms with van der Waals surface area (Å²) in [6, 6.07) is 3.58. The lowest BCUT2D eigenvalue weighted by Gasteiger charge is -2.13.